The molecule has 1 N–H and O–H groups in total. The van der Waals surface area contributed by atoms with Gasteiger partial charge in [0.25, 0.3) is 0 Å². The third-order valence-electron chi connectivity index (χ3n) is 2.51. The van der Waals surface area contributed by atoms with Gasteiger partial charge in [-0.15, -0.1) is 0 Å². The van der Waals surface area contributed by atoms with Crippen molar-refractivity contribution in [3.63, 3.8) is 0 Å². The number of carbonyl (C=O) groups is 1. The molecule has 3 nitrogen and oxygen atoms in total. The van der Waals surface area contributed by atoms with Crippen LogP contribution in [0.1, 0.15) is 39.0 Å². The zero-order valence-corrected chi connectivity index (χ0v) is 8.01. The van der Waals surface area contributed by atoms with Crippen LogP contribution in [0, 0.1) is 5.92 Å². The van der Waals surface area contributed by atoms with Gasteiger partial charge in [-0.05, 0) is 19.8 Å². The number of hydrogen-bond acceptors (Lipinski definition) is 2. The molecule has 1 fully saturated rings. The Hall–Kier alpha value is -0.860. The Morgan fingerprint density at radius 1 is 1.38 bits per heavy atom. The summed E-state index contributed by atoms with van der Waals surface area (Å²) in [6.07, 6.45) is 7.20. The largest absolute Gasteiger partial charge is 0.346 e. The third-order valence-corrected chi connectivity index (χ3v) is 2.51. The second kappa shape index (κ2) is 5.00. The standard InChI is InChI=1S/C10H16NO2/c1-8(7-12)11-10(13)9-5-3-2-4-6-9/h8-9H,2-6H2,1H3,(H,11,13). The van der Waals surface area contributed by atoms with Crippen molar-refractivity contribution in [1.82, 2.24) is 5.32 Å². The Kier molecular flexibility index (Phi) is 3.93. The third kappa shape index (κ3) is 3.17. The maximum Gasteiger partial charge on any atom is 0.223 e. The Morgan fingerprint density at radius 3 is 2.54 bits per heavy atom. The molecule has 1 saturated carbocycles. The summed E-state index contributed by atoms with van der Waals surface area (Å²) >= 11 is 0. The van der Waals surface area contributed by atoms with Crippen LogP contribution < -0.4 is 5.32 Å². The minimum absolute atomic E-state index is 0.0237. The molecule has 0 aromatic carbocycles. The average molecular weight is 182 g/mol. The molecule has 0 bridgehead atoms. The predicted octanol–water partition coefficient (Wildman–Crippen LogP) is 1.18. The van der Waals surface area contributed by atoms with Crippen LogP contribution in [-0.2, 0) is 9.59 Å². The molecular weight excluding hydrogens is 166 g/mol. The Balaban J connectivity index is 2.32. The van der Waals surface area contributed by atoms with E-state index in [9.17, 15) is 9.59 Å². The molecule has 0 spiro atoms. The number of carbonyl (C=O) groups excluding carboxylic acids is 2. The molecule has 0 aromatic rings. The molecule has 1 aliphatic carbocycles. The molecule has 0 heterocycles. The van der Waals surface area contributed by atoms with E-state index in [1.807, 2.05) is 0 Å². The number of amides is 1. The van der Waals surface area contributed by atoms with Crippen molar-refractivity contribution in [2.45, 2.75) is 45.1 Å². The summed E-state index contributed by atoms with van der Waals surface area (Å²) < 4.78 is 0. The first-order valence-corrected chi connectivity index (χ1v) is 4.92. The maximum absolute atomic E-state index is 11.5. The van der Waals surface area contributed by atoms with Gasteiger partial charge in [-0.1, -0.05) is 19.3 Å². The van der Waals surface area contributed by atoms with Crippen molar-refractivity contribution in [3.8, 4) is 0 Å². The summed E-state index contributed by atoms with van der Waals surface area (Å²) in [5, 5.41) is 2.64. The lowest BCUT2D eigenvalue weighted by Gasteiger charge is -2.21. The van der Waals surface area contributed by atoms with Gasteiger partial charge in [0.05, 0.1) is 6.04 Å². The summed E-state index contributed by atoms with van der Waals surface area (Å²) in [7, 11) is 0. The number of rotatable bonds is 3. The Bertz CT molecular complexity index is 185. The van der Waals surface area contributed by atoms with E-state index >= 15 is 0 Å². The van der Waals surface area contributed by atoms with E-state index in [4.69, 9.17) is 0 Å². The topological polar surface area (TPSA) is 46.2 Å². The van der Waals surface area contributed by atoms with Gasteiger partial charge in [0, 0.05) is 5.92 Å². The van der Waals surface area contributed by atoms with Gasteiger partial charge in [-0.25, -0.2) is 0 Å². The monoisotopic (exact) mass is 182 g/mol. The SMILES string of the molecule is CC([C]=O)NC(=O)C1CCCCC1. The van der Waals surface area contributed by atoms with E-state index < -0.39 is 6.04 Å². The van der Waals surface area contributed by atoms with Crippen molar-refractivity contribution >= 4 is 12.2 Å². The van der Waals surface area contributed by atoms with Gasteiger partial charge in [-0.2, -0.15) is 0 Å². The summed E-state index contributed by atoms with van der Waals surface area (Å²) in [6.45, 7) is 1.65. The summed E-state index contributed by atoms with van der Waals surface area (Å²) in [4.78, 5) is 21.7. The quantitative estimate of drug-likeness (QED) is 0.712. The highest BCUT2D eigenvalue weighted by Gasteiger charge is 2.21. The molecule has 1 rings (SSSR count). The second-order valence-corrected chi connectivity index (χ2v) is 3.68. The van der Waals surface area contributed by atoms with Crippen LogP contribution in [0.15, 0.2) is 0 Å². The fraction of sp³-hybridized carbons (Fsp3) is 0.800. The van der Waals surface area contributed by atoms with Gasteiger partial charge >= 0.3 is 0 Å². The minimum atomic E-state index is -0.463. The molecule has 0 aliphatic heterocycles. The van der Waals surface area contributed by atoms with Crippen molar-refractivity contribution in [2.75, 3.05) is 0 Å². The van der Waals surface area contributed by atoms with Gasteiger partial charge in [0.15, 0.2) is 0 Å². The van der Waals surface area contributed by atoms with E-state index in [2.05, 4.69) is 5.32 Å². The molecule has 0 saturated heterocycles. The highest BCUT2D eigenvalue weighted by Crippen LogP contribution is 2.23. The Labute approximate surface area is 78.9 Å². The van der Waals surface area contributed by atoms with E-state index in [0.29, 0.717) is 0 Å². The highest BCUT2D eigenvalue weighted by atomic mass is 16.2. The van der Waals surface area contributed by atoms with Crippen LogP contribution in [-0.4, -0.2) is 18.2 Å². The van der Waals surface area contributed by atoms with Crippen molar-refractivity contribution < 1.29 is 9.59 Å². The smallest absolute Gasteiger partial charge is 0.223 e. The molecule has 1 atom stereocenters. The lowest BCUT2D eigenvalue weighted by atomic mass is 9.88. The van der Waals surface area contributed by atoms with Crippen LogP contribution in [0.4, 0.5) is 0 Å². The summed E-state index contributed by atoms with van der Waals surface area (Å²) in [6, 6.07) is -0.463. The van der Waals surface area contributed by atoms with Gasteiger partial charge in [0.1, 0.15) is 0 Å². The molecule has 73 valence electrons. The zero-order chi connectivity index (χ0) is 9.68. The van der Waals surface area contributed by atoms with Gasteiger partial charge in [-0.3, -0.25) is 9.59 Å². The first-order valence-electron chi connectivity index (χ1n) is 4.92. The molecule has 0 aromatic heterocycles. The molecule has 1 unspecified atom stereocenters. The van der Waals surface area contributed by atoms with Crippen LogP contribution >= 0.6 is 0 Å². The first-order chi connectivity index (χ1) is 6.24. The highest BCUT2D eigenvalue weighted by molar-refractivity contribution is 5.81. The average Bonchev–Trinajstić information content (AvgIpc) is 2.19. The number of hydrogen-bond donors (Lipinski definition) is 1. The molecule has 1 aliphatic rings. The van der Waals surface area contributed by atoms with E-state index in [1.165, 1.54) is 6.42 Å². The Morgan fingerprint density at radius 2 is 2.00 bits per heavy atom. The lowest BCUT2D eigenvalue weighted by molar-refractivity contribution is -0.126. The van der Waals surface area contributed by atoms with Crippen molar-refractivity contribution in [1.29, 1.82) is 0 Å². The van der Waals surface area contributed by atoms with Crippen LogP contribution in [0.3, 0.4) is 0 Å². The van der Waals surface area contributed by atoms with Crippen LogP contribution in [0.2, 0.25) is 0 Å². The molecule has 3 heteroatoms. The first kappa shape index (κ1) is 10.2. The molecule has 1 radical (unpaired) electrons. The fourth-order valence-electron chi connectivity index (χ4n) is 1.73. The maximum atomic E-state index is 11.5. The van der Waals surface area contributed by atoms with Crippen molar-refractivity contribution in [2.24, 2.45) is 5.92 Å². The molecular formula is C10H16NO2. The van der Waals surface area contributed by atoms with Crippen molar-refractivity contribution in [3.05, 3.63) is 0 Å². The van der Waals surface area contributed by atoms with E-state index in [-0.39, 0.29) is 11.8 Å². The van der Waals surface area contributed by atoms with Gasteiger partial charge < -0.3 is 5.32 Å². The lowest BCUT2D eigenvalue weighted by Crippen LogP contribution is -2.38. The van der Waals surface area contributed by atoms with E-state index in [1.54, 1.807) is 13.2 Å². The summed E-state index contributed by atoms with van der Waals surface area (Å²) in [5.41, 5.74) is 0. The number of nitrogens with one attached hydrogen (secondary N) is 1. The summed E-state index contributed by atoms with van der Waals surface area (Å²) in [5.74, 6) is 0.153. The predicted molar refractivity (Wildman–Crippen MR) is 49.9 cm³/mol. The normalized spacial score (nSPS) is 20.7. The molecule has 1 amide bonds. The minimum Gasteiger partial charge on any atom is -0.346 e. The van der Waals surface area contributed by atoms with Gasteiger partial charge in [0.2, 0.25) is 12.2 Å². The zero-order valence-electron chi connectivity index (χ0n) is 8.01. The van der Waals surface area contributed by atoms with Crippen LogP contribution in [0.5, 0.6) is 0 Å². The van der Waals surface area contributed by atoms with Crippen LogP contribution in [0.25, 0.3) is 0 Å². The fourth-order valence-corrected chi connectivity index (χ4v) is 1.73. The molecule has 13 heavy (non-hydrogen) atoms. The van der Waals surface area contributed by atoms with E-state index in [0.717, 1.165) is 25.7 Å². The second-order valence-electron chi connectivity index (χ2n) is 3.68.